The zero-order valence-corrected chi connectivity index (χ0v) is 19.9. The first kappa shape index (κ1) is 22.4. The smallest absolute Gasteiger partial charge is 0.180 e. The Hall–Kier alpha value is -3.39. The number of rotatable bonds is 5. The van der Waals surface area contributed by atoms with Crippen LogP contribution in [0, 0.1) is 0 Å². The molecule has 0 fully saturated rings. The van der Waals surface area contributed by atoms with E-state index < -0.39 is 6.29 Å². The van der Waals surface area contributed by atoms with Crippen LogP contribution >= 0.6 is 12.2 Å². The second-order valence-electron chi connectivity index (χ2n) is 8.33. The highest BCUT2D eigenvalue weighted by Gasteiger charge is 2.33. The third-order valence-corrected chi connectivity index (χ3v) is 6.71. The summed E-state index contributed by atoms with van der Waals surface area (Å²) in [5.74, 6) is 0.817. The van der Waals surface area contributed by atoms with Gasteiger partial charge in [-0.15, -0.1) is 0 Å². The highest BCUT2D eigenvalue weighted by Crippen LogP contribution is 2.39. The SMILES string of the molecule is COc1ccc(C2c3[nH]c4ccccc4c3CCN2C(=S)Nc2cccc(C(O)OC)c2)cc1. The van der Waals surface area contributed by atoms with Crippen molar-refractivity contribution in [2.45, 2.75) is 18.8 Å². The summed E-state index contributed by atoms with van der Waals surface area (Å²) >= 11 is 5.91. The summed E-state index contributed by atoms with van der Waals surface area (Å²) in [6.45, 7) is 0.776. The van der Waals surface area contributed by atoms with Crippen molar-refractivity contribution >= 4 is 33.9 Å². The lowest BCUT2D eigenvalue weighted by Gasteiger charge is -2.38. The molecule has 0 spiro atoms. The van der Waals surface area contributed by atoms with Crippen LogP contribution in [-0.2, 0) is 11.2 Å². The maximum absolute atomic E-state index is 10.0. The molecule has 4 aromatic rings. The van der Waals surface area contributed by atoms with Gasteiger partial charge in [0, 0.05) is 41.5 Å². The molecule has 3 N–H and O–H groups in total. The average molecular weight is 474 g/mol. The highest BCUT2D eigenvalue weighted by atomic mass is 32.1. The Morgan fingerprint density at radius 1 is 1.09 bits per heavy atom. The van der Waals surface area contributed by atoms with Crippen molar-refractivity contribution in [2.24, 2.45) is 0 Å². The molecule has 174 valence electrons. The Kier molecular flexibility index (Phi) is 6.24. The fourth-order valence-electron chi connectivity index (χ4n) is 4.69. The second-order valence-corrected chi connectivity index (χ2v) is 8.71. The molecule has 34 heavy (non-hydrogen) atoms. The van der Waals surface area contributed by atoms with E-state index in [1.807, 2.05) is 36.4 Å². The number of aliphatic hydroxyl groups excluding tert-OH is 1. The molecule has 1 aromatic heterocycles. The third-order valence-electron chi connectivity index (χ3n) is 6.37. The molecule has 5 rings (SSSR count). The number of nitrogens with zero attached hydrogens (tertiary/aromatic N) is 1. The molecular weight excluding hydrogens is 446 g/mol. The van der Waals surface area contributed by atoms with Gasteiger partial charge in [-0.1, -0.05) is 42.5 Å². The number of anilines is 1. The van der Waals surface area contributed by atoms with Crippen molar-refractivity contribution in [1.29, 1.82) is 0 Å². The second kappa shape index (κ2) is 9.46. The molecule has 0 amide bonds. The number of hydrogen-bond donors (Lipinski definition) is 3. The fourth-order valence-corrected chi connectivity index (χ4v) is 5.01. The molecule has 2 heterocycles. The number of aromatic nitrogens is 1. The minimum Gasteiger partial charge on any atom is -0.497 e. The van der Waals surface area contributed by atoms with E-state index in [9.17, 15) is 5.11 Å². The summed E-state index contributed by atoms with van der Waals surface area (Å²) in [5, 5.41) is 15.3. The number of para-hydroxylation sites is 1. The van der Waals surface area contributed by atoms with Gasteiger partial charge in [0.1, 0.15) is 5.75 Å². The molecule has 2 unspecified atom stereocenters. The van der Waals surface area contributed by atoms with Gasteiger partial charge in [0.25, 0.3) is 0 Å². The normalized spacial score (nSPS) is 16.2. The molecule has 1 aliphatic rings. The summed E-state index contributed by atoms with van der Waals surface area (Å²) in [6, 6.07) is 24.0. The van der Waals surface area contributed by atoms with Crippen LogP contribution in [0.5, 0.6) is 5.75 Å². The molecule has 0 bridgehead atoms. The van der Waals surface area contributed by atoms with Gasteiger partial charge in [-0.05, 0) is 60.1 Å². The number of fused-ring (bicyclic) bond motifs is 3. The van der Waals surface area contributed by atoms with Gasteiger partial charge in [0.2, 0.25) is 0 Å². The maximum atomic E-state index is 10.0. The van der Waals surface area contributed by atoms with E-state index in [0.717, 1.165) is 41.2 Å². The van der Waals surface area contributed by atoms with Gasteiger partial charge in [-0.2, -0.15) is 0 Å². The van der Waals surface area contributed by atoms with E-state index >= 15 is 0 Å². The highest BCUT2D eigenvalue weighted by molar-refractivity contribution is 7.80. The standard InChI is InChI=1S/C27H27N3O3S/c1-32-20-12-10-17(11-13-20)25-24-22(21-8-3-4-9-23(21)29-24)14-15-30(25)27(34)28-19-7-5-6-18(16-19)26(31)33-2/h3-13,16,25-26,29,31H,14-15H2,1-2H3,(H,28,34). The summed E-state index contributed by atoms with van der Waals surface area (Å²) in [7, 11) is 3.14. The Morgan fingerprint density at radius 3 is 2.65 bits per heavy atom. The van der Waals surface area contributed by atoms with Crippen LogP contribution < -0.4 is 10.1 Å². The lowest BCUT2D eigenvalue weighted by atomic mass is 9.92. The predicted octanol–water partition coefficient (Wildman–Crippen LogP) is 5.16. The van der Waals surface area contributed by atoms with E-state index in [2.05, 4.69) is 51.6 Å². The molecule has 7 heteroatoms. The Bertz CT molecular complexity index is 1320. The molecule has 0 saturated heterocycles. The molecular formula is C27H27N3O3S. The number of nitrogens with one attached hydrogen (secondary N) is 2. The number of benzene rings is 3. The van der Waals surface area contributed by atoms with E-state index in [4.69, 9.17) is 21.7 Å². The largest absolute Gasteiger partial charge is 0.497 e. The summed E-state index contributed by atoms with van der Waals surface area (Å²) in [5.41, 5.74) is 6.22. The number of methoxy groups -OCH3 is 2. The van der Waals surface area contributed by atoms with Crippen LogP contribution in [0.15, 0.2) is 72.8 Å². The zero-order valence-electron chi connectivity index (χ0n) is 19.1. The number of ether oxygens (including phenoxy) is 2. The first-order valence-electron chi connectivity index (χ1n) is 11.2. The molecule has 3 aromatic carbocycles. The molecule has 0 saturated carbocycles. The summed E-state index contributed by atoms with van der Waals surface area (Å²) in [4.78, 5) is 5.88. The summed E-state index contributed by atoms with van der Waals surface area (Å²) in [6.07, 6.45) is -0.0951. The van der Waals surface area contributed by atoms with Crippen LogP contribution in [0.4, 0.5) is 5.69 Å². The summed E-state index contributed by atoms with van der Waals surface area (Å²) < 4.78 is 10.4. The lowest BCUT2D eigenvalue weighted by molar-refractivity contribution is -0.0769. The maximum Gasteiger partial charge on any atom is 0.180 e. The lowest BCUT2D eigenvalue weighted by Crippen LogP contribution is -2.42. The van der Waals surface area contributed by atoms with E-state index in [1.54, 1.807) is 7.11 Å². The van der Waals surface area contributed by atoms with E-state index in [1.165, 1.54) is 18.1 Å². The van der Waals surface area contributed by atoms with Crippen LogP contribution in [0.2, 0.25) is 0 Å². The first-order valence-corrected chi connectivity index (χ1v) is 11.6. The van der Waals surface area contributed by atoms with Gasteiger partial charge in [0.15, 0.2) is 11.4 Å². The Labute approximate surface area is 204 Å². The number of thiocarbonyl (C=S) groups is 1. The number of hydrogen-bond acceptors (Lipinski definition) is 4. The van der Waals surface area contributed by atoms with Crippen molar-refractivity contribution in [3.8, 4) is 5.75 Å². The number of H-pyrrole nitrogens is 1. The van der Waals surface area contributed by atoms with Crippen LogP contribution in [0.25, 0.3) is 10.9 Å². The number of aliphatic hydroxyl groups is 1. The van der Waals surface area contributed by atoms with Crippen molar-refractivity contribution < 1.29 is 14.6 Å². The monoisotopic (exact) mass is 473 g/mol. The molecule has 1 aliphatic heterocycles. The quantitative estimate of drug-likeness (QED) is 0.275. The van der Waals surface area contributed by atoms with Crippen molar-refractivity contribution in [3.63, 3.8) is 0 Å². The van der Waals surface area contributed by atoms with Crippen LogP contribution in [0.3, 0.4) is 0 Å². The minimum absolute atomic E-state index is 0.0743. The van der Waals surface area contributed by atoms with E-state index in [-0.39, 0.29) is 6.04 Å². The zero-order chi connectivity index (χ0) is 23.7. The fraction of sp³-hybridized carbons (Fsp3) is 0.222. The molecule has 0 radical (unpaired) electrons. The molecule has 0 aliphatic carbocycles. The molecule has 6 nitrogen and oxygen atoms in total. The van der Waals surface area contributed by atoms with Crippen molar-refractivity contribution in [3.05, 3.63) is 95.2 Å². The first-order chi connectivity index (χ1) is 16.6. The predicted molar refractivity (Wildman–Crippen MR) is 138 cm³/mol. The van der Waals surface area contributed by atoms with Gasteiger partial charge in [0.05, 0.1) is 13.2 Å². The van der Waals surface area contributed by atoms with Gasteiger partial charge in [-0.25, -0.2) is 0 Å². The van der Waals surface area contributed by atoms with E-state index in [0.29, 0.717) is 10.7 Å². The van der Waals surface area contributed by atoms with Gasteiger partial charge >= 0.3 is 0 Å². The van der Waals surface area contributed by atoms with Crippen molar-refractivity contribution in [2.75, 3.05) is 26.1 Å². The van der Waals surface area contributed by atoms with Gasteiger partial charge < -0.3 is 29.8 Å². The van der Waals surface area contributed by atoms with Gasteiger partial charge in [-0.3, -0.25) is 0 Å². The average Bonchev–Trinajstić information content (AvgIpc) is 3.26. The topological polar surface area (TPSA) is 69.8 Å². The van der Waals surface area contributed by atoms with Crippen molar-refractivity contribution in [1.82, 2.24) is 9.88 Å². The number of aromatic amines is 1. The molecule has 2 atom stereocenters. The van der Waals surface area contributed by atoms with Crippen LogP contribution in [0.1, 0.15) is 34.7 Å². The Balaban J connectivity index is 1.52. The third kappa shape index (κ3) is 4.14. The Morgan fingerprint density at radius 2 is 1.88 bits per heavy atom. The van der Waals surface area contributed by atoms with Crippen LogP contribution in [-0.4, -0.2) is 40.9 Å². The minimum atomic E-state index is -0.980.